The van der Waals surface area contributed by atoms with Gasteiger partial charge in [0.05, 0.1) is 11.6 Å². The molecule has 0 spiro atoms. The molecule has 0 aliphatic rings. The third-order valence-corrected chi connectivity index (χ3v) is 5.88. The lowest BCUT2D eigenvalue weighted by Gasteiger charge is -2.27. The molecule has 0 fully saturated rings. The number of para-hydroxylation sites is 1. The standard InChI is InChI=1S/C30H23N3/c1-32(26-14-11-23(22-31)12-15-26)27-17-19-29(20-18-27)33(28-9-3-2-4-10-28)30-16-13-24-7-5-6-8-25(24)21-30/h2-21H,1H3. The maximum absolute atomic E-state index is 9.04. The first-order valence-corrected chi connectivity index (χ1v) is 10.9. The molecule has 0 unspecified atom stereocenters. The molecular formula is C30H23N3. The van der Waals surface area contributed by atoms with E-state index in [1.54, 1.807) is 0 Å². The van der Waals surface area contributed by atoms with Crippen LogP contribution in [0.25, 0.3) is 10.8 Å². The van der Waals surface area contributed by atoms with Crippen LogP contribution in [0.1, 0.15) is 5.56 Å². The predicted octanol–water partition coefficient (Wildman–Crippen LogP) is 7.95. The summed E-state index contributed by atoms with van der Waals surface area (Å²) in [6, 6.07) is 43.8. The van der Waals surface area contributed by atoms with Gasteiger partial charge in [-0.2, -0.15) is 5.26 Å². The quantitative estimate of drug-likeness (QED) is 0.286. The molecule has 5 aromatic carbocycles. The Bertz CT molecular complexity index is 1420. The fraction of sp³-hybridized carbons (Fsp3) is 0.0333. The molecule has 158 valence electrons. The number of hydrogen-bond acceptors (Lipinski definition) is 3. The van der Waals surface area contributed by atoms with E-state index in [4.69, 9.17) is 5.26 Å². The topological polar surface area (TPSA) is 30.3 Å². The van der Waals surface area contributed by atoms with Crippen LogP contribution in [0.5, 0.6) is 0 Å². The Morgan fingerprint density at radius 1 is 0.515 bits per heavy atom. The smallest absolute Gasteiger partial charge is 0.0991 e. The zero-order chi connectivity index (χ0) is 22.6. The van der Waals surface area contributed by atoms with Crippen molar-refractivity contribution in [2.75, 3.05) is 16.8 Å². The number of rotatable bonds is 5. The van der Waals surface area contributed by atoms with Crippen LogP contribution < -0.4 is 9.80 Å². The third-order valence-electron chi connectivity index (χ3n) is 5.88. The van der Waals surface area contributed by atoms with Crippen molar-refractivity contribution >= 4 is 39.2 Å². The highest BCUT2D eigenvalue weighted by Gasteiger charge is 2.13. The predicted molar refractivity (Wildman–Crippen MR) is 138 cm³/mol. The molecule has 3 nitrogen and oxygen atoms in total. The van der Waals surface area contributed by atoms with Gasteiger partial charge in [0.2, 0.25) is 0 Å². The number of nitrogens with zero attached hydrogens (tertiary/aromatic N) is 3. The average molecular weight is 426 g/mol. The second-order valence-corrected chi connectivity index (χ2v) is 7.94. The van der Waals surface area contributed by atoms with E-state index in [2.05, 4.69) is 107 Å². The van der Waals surface area contributed by atoms with Crippen LogP contribution in [0.2, 0.25) is 0 Å². The van der Waals surface area contributed by atoms with Crippen LogP contribution in [0.15, 0.2) is 121 Å². The van der Waals surface area contributed by atoms with Gasteiger partial charge in [0.15, 0.2) is 0 Å². The zero-order valence-electron chi connectivity index (χ0n) is 18.4. The highest BCUT2D eigenvalue weighted by Crippen LogP contribution is 2.37. The second-order valence-electron chi connectivity index (χ2n) is 7.94. The Hall–Kier alpha value is -4.55. The molecular weight excluding hydrogens is 402 g/mol. The van der Waals surface area contributed by atoms with Gasteiger partial charge in [0.25, 0.3) is 0 Å². The van der Waals surface area contributed by atoms with Gasteiger partial charge in [-0.05, 0) is 83.6 Å². The molecule has 0 saturated heterocycles. The summed E-state index contributed by atoms with van der Waals surface area (Å²) in [6.07, 6.45) is 0. The molecule has 5 rings (SSSR count). The highest BCUT2D eigenvalue weighted by atomic mass is 15.1. The first kappa shape index (κ1) is 20.4. The van der Waals surface area contributed by atoms with Crippen molar-refractivity contribution in [3.63, 3.8) is 0 Å². The summed E-state index contributed by atoms with van der Waals surface area (Å²) in [5.41, 5.74) is 6.10. The summed E-state index contributed by atoms with van der Waals surface area (Å²) >= 11 is 0. The number of anilines is 5. The van der Waals surface area contributed by atoms with E-state index in [0.717, 1.165) is 28.4 Å². The van der Waals surface area contributed by atoms with Gasteiger partial charge < -0.3 is 9.80 Å². The van der Waals surface area contributed by atoms with Gasteiger partial charge >= 0.3 is 0 Å². The van der Waals surface area contributed by atoms with Gasteiger partial charge in [-0.1, -0.05) is 48.5 Å². The van der Waals surface area contributed by atoms with Crippen LogP contribution in [-0.2, 0) is 0 Å². The monoisotopic (exact) mass is 425 g/mol. The Labute approximate surface area is 194 Å². The van der Waals surface area contributed by atoms with E-state index < -0.39 is 0 Å². The van der Waals surface area contributed by atoms with E-state index in [-0.39, 0.29) is 0 Å². The summed E-state index contributed by atoms with van der Waals surface area (Å²) in [6.45, 7) is 0. The largest absolute Gasteiger partial charge is 0.345 e. The van der Waals surface area contributed by atoms with E-state index in [1.165, 1.54) is 10.8 Å². The summed E-state index contributed by atoms with van der Waals surface area (Å²) in [5, 5.41) is 11.5. The molecule has 5 aromatic rings. The number of nitriles is 1. The Morgan fingerprint density at radius 3 is 1.70 bits per heavy atom. The zero-order valence-corrected chi connectivity index (χ0v) is 18.4. The van der Waals surface area contributed by atoms with Gasteiger partial charge in [-0.25, -0.2) is 0 Å². The minimum absolute atomic E-state index is 0.663. The van der Waals surface area contributed by atoms with Gasteiger partial charge in [0.1, 0.15) is 0 Å². The summed E-state index contributed by atoms with van der Waals surface area (Å²) in [4.78, 5) is 4.39. The average Bonchev–Trinajstić information content (AvgIpc) is 2.89. The van der Waals surface area contributed by atoms with Crippen LogP contribution in [0.3, 0.4) is 0 Å². The van der Waals surface area contributed by atoms with Crippen molar-refractivity contribution in [2.24, 2.45) is 0 Å². The van der Waals surface area contributed by atoms with Gasteiger partial charge in [-0.3, -0.25) is 0 Å². The highest BCUT2D eigenvalue weighted by molar-refractivity contribution is 5.89. The molecule has 33 heavy (non-hydrogen) atoms. The van der Waals surface area contributed by atoms with E-state index >= 15 is 0 Å². The maximum Gasteiger partial charge on any atom is 0.0991 e. The number of benzene rings is 5. The van der Waals surface area contributed by atoms with Crippen LogP contribution in [0.4, 0.5) is 28.4 Å². The molecule has 3 heteroatoms. The first-order chi connectivity index (χ1) is 16.2. The minimum Gasteiger partial charge on any atom is -0.345 e. The van der Waals surface area contributed by atoms with Crippen molar-refractivity contribution in [3.05, 3.63) is 127 Å². The molecule has 0 amide bonds. The molecule has 0 atom stereocenters. The Morgan fingerprint density at radius 2 is 1.03 bits per heavy atom. The fourth-order valence-electron chi connectivity index (χ4n) is 4.07. The summed E-state index contributed by atoms with van der Waals surface area (Å²) < 4.78 is 0. The van der Waals surface area contributed by atoms with Gasteiger partial charge in [-0.15, -0.1) is 0 Å². The molecule has 0 aromatic heterocycles. The van der Waals surface area contributed by atoms with Crippen LogP contribution >= 0.6 is 0 Å². The minimum atomic E-state index is 0.663. The van der Waals surface area contributed by atoms with E-state index in [0.29, 0.717) is 5.56 Å². The van der Waals surface area contributed by atoms with E-state index in [9.17, 15) is 0 Å². The molecule has 0 N–H and O–H groups in total. The van der Waals surface area contributed by atoms with Crippen molar-refractivity contribution in [2.45, 2.75) is 0 Å². The summed E-state index contributed by atoms with van der Waals surface area (Å²) in [7, 11) is 2.04. The Kier molecular flexibility index (Phi) is 5.49. The van der Waals surface area contributed by atoms with Crippen molar-refractivity contribution in [3.8, 4) is 6.07 Å². The first-order valence-electron chi connectivity index (χ1n) is 10.9. The van der Waals surface area contributed by atoms with Gasteiger partial charge in [0, 0.05) is 35.5 Å². The molecule has 0 saturated carbocycles. The fourth-order valence-corrected chi connectivity index (χ4v) is 4.07. The lowest BCUT2D eigenvalue weighted by molar-refractivity contribution is 1.20. The third kappa shape index (κ3) is 4.15. The lowest BCUT2D eigenvalue weighted by Crippen LogP contribution is -2.12. The summed E-state index contributed by atoms with van der Waals surface area (Å²) in [5.74, 6) is 0. The van der Waals surface area contributed by atoms with Crippen molar-refractivity contribution in [1.29, 1.82) is 5.26 Å². The lowest BCUT2D eigenvalue weighted by atomic mass is 10.1. The van der Waals surface area contributed by atoms with E-state index in [1.807, 2.05) is 37.4 Å². The van der Waals surface area contributed by atoms with Crippen LogP contribution in [0, 0.1) is 11.3 Å². The molecule has 0 aliphatic carbocycles. The SMILES string of the molecule is CN(c1ccc(C#N)cc1)c1ccc(N(c2ccccc2)c2ccc3ccccc3c2)cc1. The van der Waals surface area contributed by atoms with Crippen molar-refractivity contribution in [1.82, 2.24) is 0 Å². The normalized spacial score (nSPS) is 10.5. The maximum atomic E-state index is 9.04. The molecule has 0 bridgehead atoms. The number of hydrogen-bond donors (Lipinski definition) is 0. The van der Waals surface area contributed by atoms with Crippen LogP contribution in [-0.4, -0.2) is 7.05 Å². The number of fused-ring (bicyclic) bond motifs is 1. The Balaban J connectivity index is 1.52. The second kappa shape index (κ2) is 8.90. The van der Waals surface area contributed by atoms with Crippen molar-refractivity contribution < 1.29 is 0 Å². The molecule has 0 radical (unpaired) electrons. The molecule has 0 heterocycles. The molecule has 0 aliphatic heterocycles.